The van der Waals surface area contributed by atoms with Gasteiger partial charge in [0.05, 0.1) is 48.5 Å². The number of fused-ring (bicyclic) bond motifs is 10. The zero-order valence-electron chi connectivity index (χ0n) is 39.7. The number of ketones is 2. The van der Waals surface area contributed by atoms with Gasteiger partial charge in [0.15, 0.2) is 11.6 Å². The number of thioether (sulfide) groups is 1. The molecule has 8 heterocycles. The Labute approximate surface area is 404 Å². The highest BCUT2D eigenvalue weighted by Crippen LogP contribution is 2.49. The Morgan fingerprint density at radius 2 is 1.16 bits per heavy atom. The van der Waals surface area contributed by atoms with Crippen molar-refractivity contribution < 1.29 is 28.5 Å². The molecule has 10 nitrogen and oxygen atoms in total. The van der Waals surface area contributed by atoms with E-state index < -0.39 is 12.2 Å². The zero-order valence-corrected chi connectivity index (χ0v) is 40.5. The first-order chi connectivity index (χ1) is 33.3. The van der Waals surface area contributed by atoms with Crippen molar-refractivity contribution in [1.82, 2.24) is 19.8 Å². The summed E-state index contributed by atoms with van der Waals surface area (Å²) >= 11 is 2.07. The smallest absolute Gasteiger partial charge is 0.198 e. The third-order valence-corrected chi connectivity index (χ3v) is 17.4. The summed E-state index contributed by atoms with van der Waals surface area (Å²) in [6, 6.07) is 27.1. The highest BCUT2D eigenvalue weighted by molar-refractivity contribution is 7.99. The van der Waals surface area contributed by atoms with Gasteiger partial charge in [0.2, 0.25) is 0 Å². The number of carbonyl (C=O) groups is 2. The lowest BCUT2D eigenvalue weighted by molar-refractivity contribution is -0.0492. The van der Waals surface area contributed by atoms with E-state index in [1.807, 2.05) is 73.1 Å². The molecular weight excluding hydrogens is 869 g/mol. The first kappa shape index (κ1) is 45.0. The first-order valence-corrected chi connectivity index (χ1v) is 26.1. The lowest BCUT2D eigenvalue weighted by Crippen LogP contribution is -2.56. The summed E-state index contributed by atoms with van der Waals surface area (Å²) in [4.78, 5) is 45.3. The topological polar surface area (TPSA) is 103 Å². The lowest BCUT2D eigenvalue weighted by Gasteiger charge is -2.52. The van der Waals surface area contributed by atoms with Crippen molar-refractivity contribution in [3.8, 4) is 23.0 Å². The predicted octanol–water partition coefficient (Wildman–Crippen LogP) is 11.2. The molecule has 0 radical (unpaired) electrons. The van der Waals surface area contributed by atoms with Crippen molar-refractivity contribution in [2.75, 3.05) is 51.9 Å². The second-order valence-electron chi connectivity index (χ2n) is 19.7. The number of methoxy groups -OCH3 is 2. The normalized spacial score (nSPS) is 25.8. The Morgan fingerprint density at radius 1 is 0.647 bits per heavy atom. The summed E-state index contributed by atoms with van der Waals surface area (Å²) in [6.45, 7) is 8.55. The van der Waals surface area contributed by atoms with Crippen LogP contribution in [0.1, 0.15) is 114 Å². The molecular formula is C57H62N4O6S. The predicted molar refractivity (Wildman–Crippen MR) is 269 cm³/mol. The minimum Gasteiger partial charge on any atom is -0.497 e. The Balaban J connectivity index is 1.04. The number of hydrogen-bond donors (Lipinski definition) is 0. The average molecular weight is 931 g/mol. The number of ether oxygens (including phenoxy) is 4. The van der Waals surface area contributed by atoms with E-state index in [0.29, 0.717) is 46.3 Å². The maximum Gasteiger partial charge on any atom is 0.198 e. The summed E-state index contributed by atoms with van der Waals surface area (Å²) in [6.07, 6.45) is 10.6. The second-order valence-corrected chi connectivity index (χ2v) is 20.9. The van der Waals surface area contributed by atoms with Crippen molar-refractivity contribution >= 4 is 45.1 Å². The number of carbonyl (C=O) groups excluding carboxylic acids is 2. The molecule has 13 rings (SSSR count). The molecule has 6 fully saturated rings. The SMILES string of the molecule is CCCSCCC1CN2CCC1CC2[C@@H](Oc1ccc(O[C@@H](c2ccnc3ccc(OC)cc23)C2CC3CCN2CC3CC)c2c1C(=O)c1ccccc1C2=O)c1ccnc2ccc(OC)cc12. The van der Waals surface area contributed by atoms with Crippen LogP contribution in [0.25, 0.3) is 21.8 Å². The highest BCUT2D eigenvalue weighted by Gasteiger charge is 2.47. The third kappa shape index (κ3) is 8.11. The van der Waals surface area contributed by atoms with Crippen LogP contribution in [0, 0.1) is 23.7 Å². The van der Waals surface area contributed by atoms with Gasteiger partial charge in [-0.05, 0) is 147 Å². The average Bonchev–Trinajstić information content (AvgIpc) is 3.39. The van der Waals surface area contributed by atoms with Crippen LogP contribution in [0.4, 0.5) is 0 Å². The fourth-order valence-corrected chi connectivity index (χ4v) is 13.6. The number of nitrogens with zero attached hydrogens (tertiary/aromatic N) is 4. The molecule has 6 aliphatic heterocycles. The minimum atomic E-state index is -0.482. The Morgan fingerprint density at radius 3 is 1.62 bits per heavy atom. The molecule has 6 saturated heterocycles. The molecule has 4 bridgehead atoms. The first-order valence-electron chi connectivity index (χ1n) is 25.0. The van der Waals surface area contributed by atoms with Crippen LogP contribution >= 0.6 is 11.8 Å². The van der Waals surface area contributed by atoms with Gasteiger partial charge in [-0.3, -0.25) is 29.4 Å². The molecule has 8 unspecified atom stereocenters. The van der Waals surface area contributed by atoms with Crippen LogP contribution in [0.15, 0.2) is 97.3 Å². The fraction of sp³-hybridized carbons (Fsp3) is 0.439. The second kappa shape index (κ2) is 19.1. The van der Waals surface area contributed by atoms with E-state index in [-0.39, 0.29) is 34.8 Å². The summed E-state index contributed by atoms with van der Waals surface area (Å²) < 4.78 is 26.4. The van der Waals surface area contributed by atoms with Crippen LogP contribution < -0.4 is 18.9 Å². The number of aromatic nitrogens is 2. The van der Waals surface area contributed by atoms with E-state index in [9.17, 15) is 0 Å². The summed E-state index contributed by atoms with van der Waals surface area (Å²) in [7, 11) is 3.36. The van der Waals surface area contributed by atoms with Crippen molar-refractivity contribution in [3.05, 3.63) is 131 Å². The summed E-state index contributed by atoms with van der Waals surface area (Å²) in [5.74, 6) is 6.55. The van der Waals surface area contributed by atoms with Crippen molar-refractivity contribution in [1.29, 1.82) is 0 Å². The molecule has 0 spiro atoms. The summed E-state index contributed by atoms with van der Waals surface area (Å²) in [5.41, 5.74) is 4.90. The Bertz CT molecular complexity index is 2870. The molecule has 68 heavy (non-hydrogen) atoms. The molecule has 10 atom stereocenters. The van der Waals surface area contributed by atoms with Crippen molar-refractivity contribution in [2.45, 2.75) is 83.1 Å². The molecule has 352 valence electrons. The van der Waals surface area contributed by atoms with Crippen molar-refractivity contribution in [3.63, 3.8) is 0 Å². The van der Waals surface area contributed by atoms with Gasteiger partial charge in [-0.25, -0.2) is 0 Å². The molecule has 2 aromatic heterocycles. The fourth-order valence-electron chi connectivity index (χ4n) is 12.6. The third-order valence-electron chi connectivity index (χ3n) is 16.2. The Kier molecular flexibility index (Phi) is 12.7. The van der Waals surface area contributed by atoms with E-state index in [2.05, 4.69) is 47.5 Å². The number of pyridine rings is 2. The molecule has 0 saturated carbocycles. The van der Waals surface area contributed by atoms with Gasteiger partial charge in [0.25, 0.3) is 0 Å². The quantitative estimate of drug-likeness (QED) is 0.0865. The lowest BCUT2D eigenvalue weighted by atomic mass is 9.72. The molecule has 11 heteroatoms. The Hall–Kier alpha value is -5.49. The molecule has 1 aliphatic carbocycles. The van der Waals surface area contributed by atoms with Crippen LogP contribution in [-0.2, 0) is 0 Å². The highest BCUT2D eigenvalue weighted by atomic mass is 32.2. The van der Waals surface area contributed by atoms with Gasteiger partial charge in [-0.15, -0.1) is 0 Å². The van der Waals surface area contributed by atoms with Gasteiger partial charge in [0, 0.05) is 58.5 Å². The number of benzene rings is 4. The van der Waals surface area contributed by atoms with E-state index in [0.717, 1.165) is 96.3 Å². The van der Waals surface area contributed by atoms with E-state index >= 15 is 9.59 Å². The van der Waals surface area contributed by atoms with Crippen LogP contribution in [0.3, 0.4) is 0 Å². The molecule has 4 aromatic carbocycles. The van der Waals surface area contributed by atoms with E-state index in [4.69, 9.17) is 28.9 Å². The largest absolute Gasteiger partial charge is 0.497 e. The number of piperidine rings is 6. The van der Waals surface area contributed by atoms with Gasteiger partial charge >= 0.3 is 0 Å². The van der Waals surface area contributed by atoms with Gasteiger partial charge in [0.1, 0.15) is 35.2 Å². The minimum absolute atomic E-state index is 0.0300. The molecule has 7 aliphatic rings. The maximum atomic E-state index is 15.3. The monoisotopic (exact) mass is 930 g/mol. The van der Waals surface area contributed by atoms with Gasteiger partial charge in [-0.1, -0.05) is 44.5 Å². The molecule has 0 amide bonds. The summed E-state index contributed by atoms with van der Waals surface area (Å²) in [5, 5.41) is 1.88. The molecule has 6 aromatic rings. The maximum absolute atomic E-state index is 15.3. The molecule has 0 N–H and O–H groups in total. The zero-order chi connectivity index (χ0) is 46.5. The van der Waals surface area contributed by atoms with Crippen LogP contribution in [0.2, 0.25) is 0 Å². The van der Waals surface area contributed by atoms with Crippen LogP contribution in [0.5, 0.6) is 23.0 Å². The number of hydrogen-bond acceptors (Lipinski definition) is 11. The van der Waals surface area contributed by atoms with Crippen molar-refractivity contribution in [2.24, 2.45) is 23.7 Å². The van der Waals surface area contributed by atoms with Gasteiger partial charge < -0.3 is 18.9 Å². The van der Waals surface area contributed by atoms with E-state index in [1.54, 1.807) is 26.4 Å². The number of rotatable bonds is 16. The standard InChI is InChI=1S/C57H62N4O6S/c1-5-26-68-27-21-37-33-61-25-20-36(37)29-49(61)57(43-18-23-59-47-14-12-39(65-4)31-45(43)47)67-51-16-15-50(52-53(51)55(63)41-10-8-7-9-40(41)54(52)62)66-56(48-28-35-19-24-60(48)32-34(35)6-2)42-17-22-58-46-13-11-38(64-3)30-44(42)46/h7-18,22-23,30-31,34-37,48-49,56-57H,5-6,19-21,24-29,32-33H2,1-4H3/t34?,35?,36?,37?,48?,49?,56-,57-/m0/s1. The van der Waals surface area contributed by atoms with Gasteiger partial charge in [-0.2, -0.15) is 11.8 Å². The van der Waals surface area contributed by atoms with Crippen LogP contribution in [-0.4, -0.2) is 95.3 Å². The van der Waals surface area contributed by atoms with E-state index in [1.165, 1.54) is 30.8 Å².